The maximum absolute atomic E-state index is 12.8. The first-order valence-electron chi connectivity index (χ1n) is 25.9. The van der Waals surface area contributed by atoms with Gasteiger partial charge in [0, 0.05) is 12.8 Å². The van der Waals surface area contributed by atoms with Crippen molar-refractivity contribution in [3.05, 3.63) is 72.9 Å². The van der Waals surface area contributed by atoms with Gasteiger partial charge in [-0.1, -0.05) is 235 Å². The largest absolute Gasteiger partial charge is 0.462 e. The molecule has 0 aliphatic carbocycles. The third kappa shape index (κ3) is 47.9. The smallest absolute Gasteiger partial charge is 0.309 e. The molecular formula is C56H96O6. The third-order valence-electron chi connectivity index (χ3n) is 11.0. The summed E-state index contributed by atoms with van der Waals surface area (Å²) in [5.41, 5.74) is 0. The van der Waals surface area contributed by atoms with Crippen LogP contribution in [-0.4, -0.2) is 37.2 Å². The van der Waals surface area contributed by atoms with Gasteiger partial charge in [-0.15, -0.1) is 0 Å². The van der Waals surface area contributed by atoms with E-state index >= 15 is 0 Å². The number of carbonyl (C=O) groups excluding carboxylic acids is 3. The Bertz CT molecular complexity index is 1180. The van der Waals surface area contributed by atoms with E-state index in [9.17, 15) is 14.4 Å². The molecule has 1 unspecified atom stereocenters. The molecule has 0 fully saturated rings. The van der Waals surface area contributed by atoms with Crippen LogP contribution < -0.4 is 0 Å². The van der Waals surface area contributed by atoms with Crippen molar-refractivity contribution < 1.29 is 28.6 Å². The third-order valence-corrected chi connectivity index (χ3v) is 11.0. The Labute approximate surface area is 382 Å². The first kappa shape index (κ1) is 58.9. The molecule has 356 valence electrons. The van der Waals surface area contributed by atoms with Gasteiger partial charge in [-0.25, -0.2) is 0 Å². The van der Waals surface area contributed by atoms with Gasteiger partial charge >= 0.3 is 17.9 Å². The molecule has 0 bridgehead atoms. The minimum absolute atomic E-state index is 0.106. The van der Waals surface area contributed by atoms with Crippen LogP contribution in [0.3, 0.4) is 0 Å². The Balaban J connectivity index is 4.34. The highest BCUT2D eigenvalue weighted by Crippen LogP contribution is 2.16. The molecule has 0 spiro atoms. The first-order chi connectivity index (χ1) is 30.5. The SMILES string of the molecule is CC/C=C\C/C=C\C/C=C\CCCCCCCCC(=O)OC(COC(=O)C/C=C\C/C=C\C/C=C\CC)COC(=O)CCCCCCCCCCCCCCCCCCCCC. The fourth-order valence-corrected chi connectivity index (χ4v) is 7.17. The van der Waals surface area contributed by atoms with Gasteiger partial charge in [-0.2, -0.15) is 0 Å². The van der Waals surface area contributed by atoms with Gasteiger partial charge in [0.1, 0.15) is 13.2 Å². The van der Waals surface area contributed by atoms with Gasteiger partial charge in [0.25, 0.3) is 0 Å². The molecule has 0 heterocycles. The minimum atomic E-state index is -0.815. The average Bonchev–Trinajstić information content (AvgIpc) is 3.27. The average molecular weight is 865 g/mol. The van der Waals surface area contributed by atoms with E-state index in [1.165, 1.54) is 116 Å². The van der Waals surface area contributed by atoms with Crippen LogP contribution >= 0.6 is 0 Å². The van der Waals surface area contributed by atoms with Gasteiger partial charge in [0.05, 0.1) is 6.42 Å². The summed E-state index contributed by atoms with van der Waals surface area (Å²) in [4.78, 5) is 37.8. The first-order valence-corrected chi connectivity index (χ1v) is 25.9. The van der Waals surface area contributed by atoms with Gasteiger partial charge in [0.15, 0.2) is 6.10 Å². The highest BCUT2D eigenvalue weighted by Gasteiger charge is 2.19. The van der Waals surface area contributed by atoms with E-state index in [2.05, 4.69) is 81.5 Å². The van der Waals surface area contributed by atoms with Crippen LogP contribution in [0.5, 0.6) is 0 Å². The quantitative estimate of drug-likeness (QED) is 0.0262. The summed E-state index contributed by atoms with van der Waals surface area (Å²) < 4.78 is 16.7. The van der Waals surface area contributed by atoms with Gasteiger partial charge in [0.2, 0.25) is 0 Å². The molecule has 0 aliphatic heterocycles. The summed E-state index contributed by atoms with van der Waals surface area (Å²) in [6.07, 6.45) is 63.6. The Morgan fingerprint density at radius 1 is 0.355 bits per heavy atom. The van der Waals surface area contributed by atoms with Crippen molar-refractivity contribution >= 4 is 17.9 Å². The topological polar surface area (TPSA) is 78.9 Å². The minimum Gasteiger partial charge on any atom is -0.462 e. The van der Waals surface area contributed by atoms with Crippen LogP contribution in [0.1, 0.15) is 245 Å². The Morgan fingerprint density at radius 3 is 1.13 bits per heavy atom. The van der Waals surface area contributed by atoms with Crippen LogP contribution in [0.2, 0.25) is 0 Å². The van der Waals surface area contributed by atoms with Crippen LogP contribution in [0.4, 0.5) is 0 Å². The van der Waals surface area contributed by atoms with Crippen molar-refractivity contribution in [1.29, 1.82) is 0 Å². The van der Waals surface area contributed by atoms with E-state index in [1.54, 1.807) is 6.08 Å². The fraction of sp³-hybridized carbons (Fsp3) is 0.732. The maximum Gasteiger partial charge on any atom is 0.309 e. The molecule has 0 aliphatic rings. The Morgan fingerprint density at radius 2 is 0.694 bits per heavy atom. The van der Waals surface area contributed by atoms with Crippen LogP contribution in [0.15, 0.2) is 72.9 Å². The number of hydrogen-bond donors (Lipinski definition) is 0. The van der Waals surface area contributed by atoms with E-state index in [0.717, 1.165) is 89.9 Å². The highest BCUT2D eigenvalue weighted by atomic mass is 16.6. The molecule has 6 heteroatoms. The normalized spacial score (nSPS) is 12.6. The second-order valence-corrected chi connectivity index (χ2v) is 17.0. The Hall–Kier alpha value is -3.15. The van der Waals surface area contributed by atoms with E-state index < -0.39 is 12.1 Å². The zero-order valence-corrected chi connectivity index (χ0v) is 40.6. The molecule has 0 saturated carbocycles. The summed E-state index contributed by atoms with van der Waals surface area (Å²) >= 11 is 0. The lowest BCUT2D eigenvalue weighted by Gasteiger charge is -2.18. The maximum atomic E-state index is 12.8. The van der Waals surface area contributed by atoms with E-state index in [0.29, 0.717) is 12.8 Å². The molecular weight excluding hydrogens is 769 g/mol. The zero-order chi connectivity index (χ0) is 45.1. The predicted octanol–water partition coefficient (Wildman–Crippen LogP) is 17.0. The number of hydrogen-bond acceptors (Lipinski definition) is 6. The van der Waals surface area contributed by atoms with Crippen LogP contribution in [-0.2, 0) is 28.6 Å². The zero-order valence-electron chi connectivity index (χ0n) is 40.6. The second kappa shape index (κ2) is 50.5. The van der Waals surface area contributed by atoms with E-state index in [-0.39, 0.29) is 31.6 Å². The number of rotatable bonds is 46. The van der Waals surface area contributed by atoms with Gasteiger partial charge < -0.3 is 14.2 Å². The van der Waals surface area contributed by atoms with Crippen molar-refractivity contribution in [2.75, 3.05) is 13.2 Å². The van der Waals surface area contributed by atoms with Crippen molar-refractivity contribution in [3.8, 4) is 0 Å². The highest BCUT2D eigenvalue weighted by molar-refractivity contribution is 5.72. The van der Waals surface area contributed by atoms with Gasteiger partial charge in [-0.05, 0) is 64.2 Å². The van der Waals surface area contributed by atoms with E-state index in [4.69, 9.17) is 14.2 Å². The second-order valence-electron chi connectivity index (χ2n) is 17.0. The number of ether oxygens (including phenoxy) is 3. The molecule has 62 heavy (non-hydrogen) atoms. The Kier molecular flexibility index (Phi) is 47.9. The monoisotopic (exact) mass is 865 g/mol. The molecule has 0 aromatic carbocycles. The van der Waals surface area contributed by atoms with Gasteiger partial charge in [-0.3, -0.25) is 14.4 Å². The summed E-state index contributed by atoms with van der Waals surface area (Å²) in [5, 5.41) is 0. The standard InChI is InChI=1S/C56H96O6/c1-4-7-10-13-16-19-21-23-25-27-28-29-31-32-34-37-40-43-46-49-55(58)61-52-53(51-60-54(57)48-45-42-39-36-18-15-12-9-6-3)62-56(59)50-47-44-41-38-35-33-30-26-24-22-20-17-14-11-8-5-2/h8-9,11-12,17-18,20,24,26,36,42,45,53H,4-7,10,13-16,19,21-23,25,27-35,37-41,43-44,46-52H2,1-3H3/b11-8-,12-9-,20-17-,26-24-,36-18-,45-42-. The van der Waals surface area contributed by atoms with Crippen LogP contribution in [0, 0.1) is 0 Å². The number of allylic oxidation sites excluding steroid dienone is 11. The summed E-state index contributed by atoms with van der Waals surface area (Å²) in [6, 6.07) is 0. The molecule has 6 nitrogen and oxygen atoms in total. The molecule has 0 aromatic rings. The van der Waals surface area contributed by atoms with Crippen molar-refractivity contribution in [1.82, 2.24) is 0 Å². The molecule has 0 amide bonds. The van der Waals surface area contributed by atoms with Crippen molar-refractivity contribution in [2.24, 2.45) is 0 Å². The molecule has 0 N–H and O–H groups in total. The predicted molar refractivity (Wildman–Crippen MR) is 265 cm³/mol. The number of carbonyl (C=O) groups is 3. The van der Waals surface area contributed by atoms with Crippen molar-refractivity contribution in [3.63, 3.8) is 0 Å². The lowest BCUT2D eigenvalue weighted by molar-refractivity contribution is -0.166. The lowest BCUT2D eigenvalue weighted by Crippen LogP contribution is -2.30. The molecule has 1 atom stereocenters. The number of esters is 3. The molecule has 0 saturated heterocycles. The van der Waals surface area contributed by atoms with Crippen molar-refractivity contribution in [2.45, 2.75) is 252 Å². The summed E-state index contributed by atoms with van der Waals surface area (Å²) in [5.74, 6) is -1.05. The fourth-order valence-electron chi connectivity index (χ4n) is 7.17. The number of unbranched alkanes of at least 4 members (excludes halogenated alkanes) is 24. The summed E-state index contributed by atoms with van der Waals surface area (Å²) in [6.45, 7) is 6.31. The van der Waals surface area contributed by atoms with E-state index in [1.807, 2.05) is 6.08 Å². The summed E-state index contributed by atoms with van der Waals surface area (Å²) in [7, 11) is 0. The molecule has 0 rings (SSSR count). The molecule has 0 radical (unpaired) electrons. The lowest BCUT2D eigenvalue weighted by atomic mass is 10.0. The molecule has 0 aromatic heterocycles. The van der Waals surface area contributed by atoms with Crippen LogP contribution in [0.25, 0.3) is 0 Å².